The number of amides is 1. The van der Waals surface area contributed by atoms with Gasteiger partial charge in [-0.05, 0) is 75.4 Å². The number of unbranched alkanes of at least 4 members (excludes halogenated alkanes) is 3. The molecule has 2 aromatic carbocycles. The van der Waals surface area contributed by atoms with Gasteiger partial charge < -0.3 is 23.5 Å². The van der Waals surface area contributed by atoms with Crippen molar-refractivity contribution in [3.63, 3.8) is 0 Å². The molecule has 1 aliphatic rings. The van der Waals surface area contributed by atoms with Gasteiger partial charge in [-0.2, -0.15) is 0 Å². The quantitative estimate of drug-likeness (QED) is 0.226. The summed E-state index contributed by atoms with van der Waals surface area (Å²) in [6.07, 6.45) is 5.19. The molecule has 1 aromatic heterocycles. The number of aryl methyl sites for hydroxylation is 2. The van der Waals surface area contributed by atoms with Crippen molar-refractivity contribution in [3.8, 4) is 11.5 Å². The van der Waals surface area contributed by atoms with Crippen LogP contribution in [0.25, 0.3) is 11.0 Å². The summed E-state index contributed by atoms with van der Waals surface area (Å²) < 4.78 is 23.6. The predicted molar refractivity (Wildman–Crippen MR) is 153 cm³/mol. The molecular weight excluding hydrogens is 494 g/mol. The van der Waals surface area contributed by atoms with E-state index in [4.69, 9.17) is 18.6 Å². The summed E-state index contributed by atoms with van der Waals surface area (Å²) in [6, 6.07) is 8.85. The highest BCUT2D eigenvalue weighted by Crippen LogP contribution is 2.41. The maximum absolute atomic E-state index is 14.0. The van der Waals surface area contributed by atoms with Gasteiger partial charge in [-0.25, -0.2) is 0 Å². The van der Waals surface area contributed by atoms with Crippen molar-refractivity contribution in [2.75, 3.05) is 26.9 Å². The van der Waals surface area contributed by atoms with Gasteiger partial charge in [-0.15, -0.1) is 0 Å². The minimum absolute atomic E-state index is 0.103. The van der Waals surface area contributed by atoms with Crippen LogP contribution in [-0.2, 0) is 4.74 Å². The molecule has 210 valence electrons. The molecule has 39 heavy (non-hydrogen) atoms. The molecule has 7 heteroatoms. The second-order valence-corrected chi connectivity index (χ2v) is 10.6. The molecule has 4 rings (SSSR count). The Morgan fingerprint density at radius 1 is 0.974 bits per heavy atom. The lowest BCUT2D eigenvalue weighted by Crippen LogP contribution is -2.31. The van der Waals surface area contributed by atoms with Gasteiger partial charge in [0.2, 0.25) is 5.76 Å². The van der Waals surface area contributed by atoms with E-state index in [1.165, 1.54) is 12.8 Å². The van der Waals surface area contributed by atoms with E-state index in [-0.39, 0.29) is 23.2 Å². The molecule has 1 unspecified atom stereocenters. The summed E-state index contributed by atoms with van der Waals surface area (Å²) in [7, 11) is 1.60. The maximum atomic E-state index is 14.0. The maximum Gasteiger partial charge on any atom is 0.290 e. The molecule has 1 aliphatic heterocycles. The minimum Gasteiger partial charge on any atom is -0.493 e. The molecule has 0 radical (unpaired) electrons. The molecule has 0 spiro atoms. The molecule has 3 aromatic rings. The van der Waals surface area contributed by atoms with Gasteiger partial charge in [0.05, 0.1) is 36.8 Å². The van der Waals surface area contributed by atoms with E-state index in [1.807, 2.05) is 58.0 Å². The Morgan fingerprint density at radius 3 is 2.49 bits per heavy atom. The Kier molecular flexibility index (Phi) is 9.33. The monoisotopic (exact) mass is 535 g/mol. The van der Waals surface area contributed by atoms with Gasteiger partial charge in [0, 0.05) is 13.2 Å². The van der Waals surface area contributed by atoms with Crippen molar-refractivity contribution < 1.29 is 23.4 Å². The van der Waals surface area contributed by atoms with E-state index in [0.717, 1.165) is 29.5 Å². The third-order valence-electron chi connectivity index (χ3n) is 7.17. The molecule has 0 saturated carbocycles. The largest absolute Gasteiger partial charge is 0.493 e. The summed E-state index contributed by atoms with van der Waals surface area (Å²) >= 11 is 0. The lowest BCUT2D eigenvalue weighted by atomic mass is 9.96. The third kappa shape index (κ3) is 6.14. The first-order valence-electron chi connectivity index (χ1n) is 14.1. The molecule has 0 aliphatic carbocycles. The van der Waals surface area contributed by atoms with Gasteiger partial charge >= 0.3 is 0 Å². The van der Waals surface area contributed by atoms with Crippen LogP contribution >= 0.6 is 0 Å². The molecule has 1 atom stereocenters. The first-order chi connectivity index (χ1) is 18.8. The van der Waals surface area contributed by atoms with Gasteiger partial charge in [-0.3, -0.25) is 9.59 Å². The number of rotatable bonds is 13. The van der Waals surface area contributed by atoms with Crippen LogP contribution in [0.2, 0.25) is 0 Å². The van der Waals surface area contributed by atoms with E-state index in [9.17, 15) is 9.59 Å². The number of ether oxygens (including phenoxy) is 3. The lowest BCUT2D eigenvalue weighted by Gasteiger charge is -2.26. The highest BCUT2D eigenvalue weighted by molar-refractivity contribution is 5.99. The molecule has 0 saturated heterocycles. The number of hydrogen-bond acceptors (Lipinski definition) is 6. The zero-order valence-electron chi connectivity index (χ0n) is 24.1. The van der Waals surface area contributed by atoms with Crippen LogP contribution in [0, 0.1) is 13.8 Å². The second kappa shape index (κ2) is 12.7. The van der Waals surface area contributed by atoms with Crippen LogP contribution < -0.4 is 14.9 Å². The van der Waals surface area contributed by atoms with Crippen LogP contribution in [-0.4, -0.2) is 43.8 Å². The van der Waals surface area contributed by atoms with Crippen molar-refractivity contribution in [3.05, 3.63) is 68.6 Å². The SMILES string of the molecule is CCCCCCOc1ccc(C2c3c(oc4cc(C)cc(C)c4c3=O)C(=O)N2CCCOC(C)C)cc1OC. The molecule has 2 heterocycles. The predicted octanol–water partition coefficient (Wildman–Crippen LogP) is 6.74. The third-order valence-corrected chi connectivity index (χ3v) is 7.17. The standard InChI is InChI=1S/C32H41NO6/c1-7-8-9-10-15-38-24-13-12-23(19-25(24)36-6)29-28-30(34)27-22(5)17-21(4)18-26(27)39-31(28)32(35)33(29)14-11-16-37-20(2)3/h12-13,17-20,29H,7-11,14-16H2,1-6H3. The van der Waals surface area contributed by atoms with Gasteiger partial charge in [-0.1, -0.05) is 38.3 Å². The van der Waals surface area contributed by atoms with E-state index in [1.54, 1.807) is 12.0 Å². The van der Waals surface area contributed by atoms with Crippen LogP contribution in [0.5, 0.6) is 11.5 Å². The highest BCUT2D eigenvalue weighted by Gasteiger charge is 2.43. The number of methoxy groups -OCH3 is 1. The van der Waals surface area contributed by atoms with Gasteiger partial charge in [0.15, 0.2) is 16.9 Å². The Morgan fingerprint density at radius 2 is 1.77 bits per heavy atom. The fourth-order valence-corrected chi connectivity index (χ4v) is 5.33. The van der Waals surface area contributed by atoms with Crippen LogP contribution in [0.15, 0.2) is 39.5 Å². The molecular formula is C32H41NO6. The van der Waals surface area contributed by atoms with Crippen molar-refractivity contribution in [1.82, 2.24) is 4.90 Å². The number of benzene rings is 2. The van der Waals surface area contributed by atoms with Crippen LogP contribution in [0.4, 0.5) is 0 Å². The van der Waals surface area contributed by atoms with Crippen molar-refractivity contribution in [2.24, 2.45) is 0 Å². The van der Waals surface area contributed by atoms with Crippen LogP contribution in [0.1, 0.15) is 91.7 Å². The summed E-state index contributed by atoms with van der Waals surface area (Å²) in [4.78, 5) is 29.4. The first-order valence-corrected chi connectivity index (χ1v) is 14.1. The molecule has 0 fully saturated rings. The van der Waals surface area contributed by atoms with E-state index < -0.39 is 6.04 Å². The number of fused-ring (bicyclic) bond motifs is 2. The molecule has 7 nitrogen and oxygen atoms in total. The number of carbonyl (C=O) groups is 1. The van der Waals surface area contributed by atoms with E-state index >= 15 is 0 Å². The van der Waals surface area contributed by atoms with Crippen LogP contribution in [0.3, 0.4) is 0 Å². The van der Waals surface area contributed by atoms with E-state index in [2.05, 4.69) is 6.92 Å². The fraction of sp³-hybridized carbons (Fsp3) is 0.500. The Labute approximate surface area is 231 Å². The summed E-state index contributed by atoms with van der Waals surface area (Å²) in [5, 5.41) is 0.515. The van der Waals surface area contributed by atoms with Gasteiger partial charge in [0.1, 0.15) is 5.58 Å². The van der Waals surface area contributed by atoms with Crippen molar-refractivity contribution >= 4 is 16.9 Å². The molecule has 0 bridgehead atoms. The Bertz CT molecular complexity index is 1380. The smallest absolute Gasteiger partial charge is 0.290 e. The van der Waals surface area contributed by atoms with E-state index in [0.29, 0.717) is 54.2 Å². The highest BCUT2D eigenvalue weighted by atomic mass is 16.5. The average molecular weight is 536 g/mol. The average Bonchev–Trinajstić information content (AvgIpc) is 3.17. The number of carbonyl (C=O) groups excluding carboxylic acids is 1. The zero-order chi connectivity index (χ0) is 28.1. The topological polar surface area (TPSA) is 78.2 Å². The Hall–Kier alpha value is -3.32. The molecule has 1 amide bonds. The Balaban J connectivity index is 1.75. The molecule has 0 N–H and O–H groups in total. The van der Waals surface area contributed by atoms with Crippen molar-refractivity contribution in [1.29, 1.82) is 0 Å². The number of nitrogens with zero attached hydrogens (tertiary/aromatic N) is 1. The summed E-state index contributed by atoms with van der Waals surface area (Å²) in [6.45, 7) is 11.5. The fourth-order valence-electron chi connectivity index (χ4n) is 5.33. The zero-order valence-corrected chi connectivity index (χ0v) is 24.1. The summed E-state index contributed by atoms with van der Waals surface area (Å²) in [5.41, 5.74) is 3.23. The van der Waals surface area contributed by atoms with Crippen molar-refractivity contribution in [2.45, 2.75) is 78.9 Å². The summed E-state index contributed by atoms with van der Waals surface area (Å²) in [5.74, 6) is 1.05. The number of hydrogen-bond donors (Lipinski definition) is 0. The lowest BCUT2D eigenvalue weighted by molar-refractivity contribution is 0.0593. The first kappa shape index (κ1) is 28.7. The second-order valence-electron chi connectivity index (χ2n) is 10.6. The minimum atomic E-state index is -0.597. The van der Waals surface area contributed by atoms with Gasteiger partial charge in [0.25, 0.3) is 5.91 Å². The normalized spacial score (nSPS) is 14.9.